The molecule has 3 rings (SSSR count). The van der Waals surface area contributed by atoms with Crippen LogP contribution in [0.25, 0.3) is 0 Å². The van der Waals surface area contributed by atoms with E-state index in [4.69, 9.17) is 4.74 Å². The molecule has 1 atom stereocenters. The summed E-state index contributed by atoms with van der Waals surface area (Å²) in [5.74, 6) is 0.701. The average Bonchev–Trinajstić information content (AvgIpc) is 3.10. The zero-order valence-electron chi connectivity index (χ0n) is 13.2. The van der Waals surface area contributed by atoms with Gasteiger partial charge in [0.25, 0.3) is 0 Å². The molecule has 0 bridgehead atoms. The zero-order valence-corrected chi connectivity index (χ0v) is 14.0. The predicted molar refractivity (Wildman–Crippen MR) is 85.5 cm³/mol. The first-order valence-corrected chi connectivity index (χ1v) is 9.33. The van der Waals surface area contributed by atoms with Crippen LogP contribution in [0.1, 0.15) is 26.7 Å². The fraction of sp³-hybridized carbons (Fsp3) is 0.625. The van der Waals surface area contributed by atoms with Crippen molar-refractivity contribution < 1.29 is 13.2 Å². The van der Waals surface area contributed by atoms with E-state index in [2.05, 4.69) is 5.32 Å². The van der Waals surface area contributed by atoms with Crippen LogP contribution in [0.5, 0.6) is 5.75 Å². The van der Waals surface area contributed by atoms with Crippen LogP contribution in [0.4, 0.5) is 0 Å². The molecule has 2 saturated heterocycles. The molecule has 0 amide bonds. The summed E-state index contributed by atoms with van der Waals surface area (Å²) in [6, 6.07) is 6.75. The van der Waals surface area contributed by atoms with Crippen LogP contribution in [-0.4, -0.2) is 45.0 Å². The highest BCUT2D eigenvalue weighted by atomic mass is 32.2. The first kappa shape index (κ1) is 15.8. The lowest BCUT2D eigenvalue weighted by Crippen LogP contribution is -2.33. The van der Waals surface area contributed by atoms with Gasteiger partial charge in [-0.15, -0.1) is 0 Å². The molecule has 1 N–H and O–H groups in total. The standard InChI is InChI=1S/C16H24N2O3S/c1-13(2)21-14-3-5-15(6-4-14)22(19,20)18-10-8-16(12-18)7-9-17-11-16/h3-6,13,17H,7-12H2,1-2H3. The summed E-state index contributed by atoms with van der Waals surface area (Å²) < 4.78 is 32.7. The van der Waals surface area contributed by atoms with E-state index in [0.717, 1.165) is 25.9 Å². The normalized spacial score (nSPS) is 26.1. The maximum absolute atomic E-state index is 12.8. The molecule has 6 heteroatoms. The Balaban J connectivity index is 1.75. The molecule has 1 spiro atoms. The van der Waals surface area contributed by atoms with Crippen LogP contribution in [0.15, 0.2) is 29.2 Å². The first-order valence-electron chi connectivity index (χ1n) is 7.89. The maximum Gasteiger partial charge on any atom is 0.243 e. The third-order valence-electron chi connectivity index (χ3n) is 4.57. The van der Waals surface area contributed by atoms with E-state index in [9.17, 15) is 8.42 Å². The van der Waals surface area contributed by atoms with Crippen LogP contribution in [0.2, 0.25) is 0 Å². The SMILES string of the molecule is CC(C)Oc1ccc(S(=O)(=O)N2CCC3(CCNC3)C2)cc1. The lowest BCUT2D eigenvalue weighted by molar-refractivity contribution is 0.242. The van der Waals surface area contributed by atoms with Crippen LogP contribution in [0.3, 0.4) is 0 Å². The molecular formula is C16H24N2O3S. The van der Waals surface area contributed by atoms with Gasteiger partial charge in [0.05, 0.1) is 11.0 Å². The van der Waals surface area contributed by atoms with Gasteiger partial charge >= 0.3 is 0 Å². The van der Waals surface area contributed by atoms with E-state index in [1.54, 1.807) is 28.6 Å². The van der Waals surface area contributed by atoms with E-state index in [0.29, 0.717) is 23.7 Å². The molecule has 22 heavy (non-hydrogen) atoms. The van der Waals surface area contributed by atoms with Gasteiger partial charge in [0, 0.05) is 19.6 Å². The van der Waals surface area contributed by atoms with E-state index >= 15 is 0 Å². The second kappa shape index (κ2) is 5.83. The Bertz CT molecular complexity index is 619. The van der Waals surface area contributed by atoms with Crippen LogP contribution >= 0.6 is 0 Å². The predicted octanol–water partition coefficient (Wildman–Crippen LogP) is 1.85. The van der Waals surface area contributed by atoms with Crippen LogP contribution in [-0.2, 0) is 10.0 Å². The van der Waals surface area contributed by atoms with Gasteiger partial charge in [0.15, 0.2) is 0 Å². The molecule has 2 aliphatic heterocycles. The van der Waals surface area contributed by atoms with Crippen LogP contribution in [0, 0.1) is 5.41 Å². The molecule has 1 aromatic carbocycles. The summed E-state index contributed by atoms with van der Waals surface area (Å²) in [6.07, 6.45) is 2.10. The topological polar surface area (TPSA) is 58.6 Å². The van der Waals surface area contributed by atoms with Gasteiger partial charge in [-0.05, 0) is 62.9 Å². The second-order valence-corrected chi connectivity index (χ2v) is 8.59. The summed E-state index contributed by atoms with van der Waals surface area (Å²) in [7, 11) is -3.40. The largest absolute Gasteiger partial charge is 0.491 e. The fourth-order valence-electron chi connectivity index (χ4n) is 3.35. The van der Waals surface area contributed by atoms with Gasteiger partial charge in [-0.3, -0.25) is 0 Å². The monoisotopic (exact) mass is 324 g/mol. The highest BCUT2D eigenvalue weighted by Gasteiger charge is 2.44. The summed E-state index contributed by atoms with van der Waals surface area (Å²) in [5.41, 5.74) is 0.147. The molecule has 0 radical (unpaired) electrons. The number of benzene rings is 1. The van der Waals surface area contributed by atoms with Gasteiger partial charge in [-0.2, -0.15) is 4.31 Å². The minimum Gasteiger partial charge on any atom is -0.491 e. The molecule has 0 aliphatic carbocycles. The molecule has 2 fully saturated rings. The average molecular weight is 324 g/mol. The quantitative estimate of drug-likeness (QED) is 0.918. The number of hydrogen-bond acceptors (Lipinski definition) is 4. The van der Waals surface area contributed by atoms with E-state index in [1.807, 2.05) is 13.8 Å². The molecule has 0 saturated carbocycles. The Morgan fingerprint density at radius 2 is 1.95 bits per heavy atom. The summed E-state index contributed by atoms with van der Waals surface area (Å²) in [5, 5.41) is 3.35. The third kappa shape index (κ3) is 3.00. The number of sulfonamides is 1. The Morgan fingerprint density at radius 3 is 2.55 bits per heavy atom. The van der Waals surface area contributed by atoms with Crippen molar-refractivity contribution in [2.75, 3.05) is 26.2 Å². The van der Waals surface area contributed by atoms with Crippen molar-refractivity contribution >= 4 is 10.0 Å². The van der Waals surface area contributed by atoms with Crippen molar-refractivity contribution in [3.63, 3.8) is 0 Å². The minimum absolute atomic E-state index is 0.0794. The lowest BCUT2D eigenvalue weighted by Gasteiger charge is -2.22. The molecule has 5 nitrogen and oxygen atoms in total. The molecule has 1 unspecified atom stereocenters. The molecule has 2 aliphatic rings. The molecule has 0 aromatic heterocycles. The zero-order chi connectivity index (χ0) is 15.8. The highest BCUT2D eigenvalue weighted by Crippen LogP contribution is 2.38. The molecule has 2 heterocycles. The van der Waals surface area contributed by atoms with E-state index < -0.39 is 10.0 Å². The Kier molecular flexibility index (Phi) is 4.18. The number of rotatable bonds is 4. The van der Waals surface area contributed by atoms with Crippen molar-refractivity contribution in [2.45, 2.75) is 37.7 Å². The number of nitrogens with one attached hydrogen (secondary N) is 1. The molecule has 1 aromatic rings. The highest BCUT2D eigenvalue weighted by molar-refractivity contribution is 7.89. The fourth-order valence-corrected chi connectivity index (χ4v) is 4.91. The van der Waals surface area contributed by atoms with E-state index in [1.165, 1.54) is 0 Å². The van der Waals surface area contributed by atoms with Crippen LogP contribution < -0.4 is 10.1 Å². The van der Waals surface area contributed by atoms with Gasteiger partial charge in [0.2, 0.25) is 10.0 Å². The van der Waals surface area contributed by atoms with Crippen molar-refractivity contribution in [3.8, 4) is 5.75 Å². The molecule has 122 valence electrons. The first-order chi connectivity index (χ1) is 10.4. The molecular weight excluding hydrogens is 300 g/mol. The smallest absolute Gasteiger partial charge is 0.243 e. The summed E-state index contributed by atoms with van der Waals surface area (Å²) in [6.45, 7) is 7.07. The third-order valence-corrected chi connectivity index (χ3v) is 6.43. The number of hydrogen-bond donors (Lipinski definition) is 1. The second-order valence-electron chi connectivity index (χ2n) is 6.65. The van der Waals surface area contributed by atoms with Gasteiger partial charge in [-0.25, -0.2) is 8.42 Å². The Hall–Kier alpha value is -1.11. The van der Waals surface area contributed by atoms with Gasteiger partial charge in [-0.1, -0.05) is 0 Å². The lowest BCUT2D eigenvalue weighted by atomic mass is 9.87. The van der Waals surface area contributed by atoms with Crippen molar-refractivity contribution in [1.29, 1.82) is 0 Å². The van der Waals surface area contributed by atoms with Gasteiger partial charge in [0.1, 0.15) is 5.75 Å². The van der Waals surface area contributed by atoms with E-state index in [-0.39, 0.29) is 11.5 Å². The van der Waals surface area contributed by atoms with Gasteiger partial charge < -0.3 is 10.1 Å². The number of ether oxygens (including phenoxy) is 1. The van der Waals surface area contributed by atoms with Crippen molar-refractivity contribution in [1.82, 2.24) is 9.62 Å². The van der Waals surface area contributed by atoms with Crippen molar-refractivity contribution in [3.05, 3.63) is 24.3 Å². The Morgan fingerprint density at radius 1 is 1.23 bits per heavy atom. The minimum atomic E-state index is -3.40. The Labute approximate surface area is 132 Å². The number of nitrogens with zero attached hydrogens (tertiary/aromatic N) is 1. The summed E-state index contributed by atoms with van der Waals surface area (Å²) >= 11 is 0. The van der Waals surface area contributed by atoms with Crippen molar-refractivity contribution in [2.24, 2.45) is 5.41 Å². The summed E-state index contributed by atoms with van der Waals surface area (Å²) in [4.78, 5) is 0.353. The maximum atomic E-state index is 12.8.